The van der Waals surface area contributed by atoms with Crippen LogP contribution < -0.4 is 4.52 Å². The monoisotopic (exact) mass is 1020 g/mol. The fraction of sp³-hybridized carbons (Fsp3) is 0.571. The van der Waals surface area contributed by atoms with Gasteiger partial charge in [-0.25, -0.2) is 0 Å². The van der Waals surface area contributed by atoms with Crippen LogP contribution in [-0.4, -0.2) is 9.79 Å². The van der Waals surface area contributed by atoms with Crippen molar-refractivity contribution in [2.75, 3.05) is 0 Å². The van der Waals surface area contributed by atoms with Crippen LogP contribution in [-0.2, 0) is 56.2 Å². The second-order valence-electron chi connectivity index (χ2n) is 30.4. The molecule has 2 N–H and O–H groups in total. The molecule has 0 spiro atoms. The molecule has 0 radical (unpaired) electrons. The number of benzene rings is 5. The highest BCUT2D eigenvalue weighted by Crippen LogP contribution is 2.46. The molecule has 0 aliphatic rings. The van der Waals surface area contributed by atoms with E-state index in [0.717, 1.165) is 44.1 Å². The van der Waals surface area contributed by atoms with Gasteiger partial charge < -0.3 is 14.3 Å². The molecule has 0 saturated heterocycles. The quantitative estimate of drug-likeness (QED) is 0.109. The van der Waals surface area contributed by atoms with Crippen molar-refractivity contribution < 1.29 is 14.3 Å². The second-order valence-corrected chi connectivity index (χ2v) is 31.1. The third-order valence-corrected chi connectivity index (χ3v) is 16.0. The van der Waals surface area contributed by atoms with Crippen molar-refractivity contribution in [2.45, 2.75) is 260 Å². The van der Waals surface area contributed by atoms with Gasteiger partial charge in [0.1, 0.15) is 5.75 Å². The second kappa shape index (κ2) is 22.3. The lowest BCUT2D eigenvalue weighted by molar-refractivity contribution is 0.373. The Kier molecular flexibility index (Phi) is 18.4. The molecular formula is C70H103O3P. The summed E-state index contributed by atoms with van der Waals surface area (Å²) in [7, 11) is -2.58. The summed E-state index contributed by atoms with van der Waals surface area (Å²) in [6.07, 6.45) is 5.48. The van der Waals surface area contributed by atoms with Crippen molar-refractivity contribution in [3.63, 3.8) is 0 Å². The first-order valence-electron chi connectivity index (χ1n) is 28.2. The van der Waals surface area contributed by atoms with E-state index >= 15 is 0 Å². The van der Waals surface area contributed by atoms with Gasteiger partial charge in [-0.05, 0) is 166 Å². The van der Waals surface area contributed by atoms with E-state index in [2.05, 4.69) is 251 Å². The highest BCUT2D eigenvalue weighted by Gasteiger charge is 2.33. The zero-order valence-corrected chi connectivity index (χ0v) is 52.2. The molecule has 0 aromatic heterocycles. The van der Waals surface area contributed by atoms with Crippen LogP contribution in [0.2, 0.25) is 0 Å². The summed E-state index contributed by atoms with van der Waals surface area (Å²) in [4.78, 5) is 20.6. The van der Waals surface area contributed by atoms with Crippen LogP contribution >= 0.6 is 8.60 Å². The Morgan fingerprint density at radius 1 is 0.351 bits per heavy atom. The molecule has 4 heteroatoms. The molecule has 406 valence electrons. The summed E-state index contributed by atoms with van der Waals surface area (Å²) in [5.74, 6) is 0.931. The van der Waals surface area contributed by atoms with Crippen LogP contribution in [0.5, 0.6) is 5.75 Å². The normalized spacial score (nSPS) is 13.7. The first-order chi connectivity index (χ1) is 33.6. The first-order valence-corrected chi connectivity index (χ1v) is 29.3. The lowest BCUT2D eigenvalue weighted by atomic mass is 9.70. The fourth-order valence-electron chi connectivity index (χ4n) is 11.0. The molecule has 0 unspecified atom stereocenters. The lowest BCUT2D eigenvalue weighted by Crippen LogP contribution is -2.23. The molecule has 0 bridgehead atoms. The van der Waals surface area contributed by atoms with Gasteiger partial charge in [-0.1, -0.05) is 251 Å². The van der Waals surface area contributed by atoms with Crippen LogP contribution in [0.15, 0.2) is 91.0 Å². The maximum Gasteiger partial charge on any atom is 0.391 e. The zero-order chi connectivity index (χ0) is 55.9. The van der Waals surface area contributed by atoms with Crippen molar-refractivity contribution >= 4 is 8.60 Å². The molecule has 0 saturated carbocycles. The van der Waals surface area contributed by atoms with Crippen LogP contribution in [0.3, 0.4) is 0 Å². The van der Waals surface area contributed by atoms with Gasteiger partial charge in [-0.15, -0.1) is 0 Å². The topological polar surface area (TPSA) is 49.7 Å². The zero-order valence-electron chi connectivity index (χ0n) is 51.3. The van der Waals surface area contributed by atoms with Crippen molar-refractivity contribution in [1.29, 1.82) is 0 Å². The first kappa shape index (κ1) is 61.1. The van der Waals surface area contributed by atoms with Gasteiger partial charge in [0.05, 0.1) is 0 Å². The van der Waals surface area contributed by atoms with Gasteiger partial charge in [0.25, 0.3) is 0 Å². The largest absolute Gasteiger partial charge is 0.427 e. The molecule has 0 aliphatic heterocycles. The molecule has 0 heterocycles. The minimum Gasteiger partial charge on any atom is -0.427 e. The summed E-state index contributed by atoms with van der Waals surface area (Å²) in [5.41, 5.74) is 19.0. The third-order valence-electron chi connectivity index (χ3n) is 15.6. The van der Waals surface area contributed by atoms with Crippen molar-refractivity contribution in [3.05, 3.63) is 169 Å². The molecule has 74 heavy (non-hydrogen) atoms. The lowest BCUT2D eigenvalue weighted by Gasteiger charge is -2.34. The Morgan fingerprint density at radius 2 is 0.635 bits per heavy atom. The molecule has 5 rings (SSSR count). The van der Waals surface area contributed by atoms with E-state index in [1.807, 2.05) is 6.07 Å². The molecule has 0 fully saturated rings. The Bertz CT molecular complexity index is 2540. The van der Waals surface area contributed by atoms with Crippen molar-refractivity contribution in [1.82, 2.24) is 0 Å². The average molecular weight is 1020 g/mol. The Balaban J connectivity index is 1.58. The van der Waals surface area contributed by atoms with Crippen molar-refractivity contribution in [2.24, 2.45) is 0 Å². The fourth-order valence-corrected chi connectivity index (χ4v) is 11.4. The van der Waals surface area contributed by atoms with E-state index in [4.69, 9.17) is 4.52 Å². The predicted molar refractivity (Wildman–Crippen MR) is 323 cm³/mol. The van der Waals surface area contributed by atoms with Gasteiger partial charge in [-0.2, -0.15) is 0 Å². The molecular weight excluding hydrogens is 920 g/mol. The number of hydrogen-bond donors (Lipinski definition) is 2. The highest BCUT2D eigenvalue weighted by molar-refractivity contribution is 7.39. The van der Waals surface area contributed by atoms with E-state index in [1.54, 1.807) is 0 Å². The average Bonchev–Trinajstić information content (AvgIpc) is 3.24. The van der Waals surface area contributed by atoms with E-state index in [0.29, 0.717) is 5.75 Å². The van der Waals surface area contributed by atoms with Gasteiger partial charge in [-0.3, -0.25) is 0 Å². The molecule has 3 nitrogen and oxygen atoms in total. The van der Waals surface area contributed by atoms with Gasteiger partial charge >= 0.3 is 8.60 Å². The number of aryl methyl sites for hydroxylation is 2. The van der Waals surface area contributed by atoms with Crippen LogP contribution in [0.25, 0.3) is 0 Å². The minimum absolute atomic E-state index is 0.0280. The van der Waals surface area contributed by atoms with Crippen LogP contribution in [0, 0.1) is 0 Å². The molecule has 5 aromatic rings. The third kappa shape index (κ3) is 15.5. The summed E-state index contributed by atoms with van der Waals surface area (Å²) < 4.78 is 5.84. The van der Waals surface area contributed by atoms with E-state index in [1.165, 1.54) is 72.3 Å². The Morgan fingerprint density at radius 3 is 0.892 bits per heavy atom. The minimum atomic E-state index is -2.58. The summed E-state index contributed by atoms with van der Waals surface area (Å²) >= 11 is 0. The van der Waals surface area contributed by atoms with Crippen LogP contribution in [0.1, 0.15) is 282 Å². The summed E-state index contributed by atoms with van der Waals surface area (Å²) in [6, 6.07) is 35.7. The van der Waals surface area contributed by atoms with Crippen molar-refractivity contribution in [3.8, 4) is 5.75 Å². The number of rotatable bonds is 14. The van der Waals surface area contributed by atoms with Gasteiger partial charge in [0, 0.05) is 11.8 Å². The van der Waals surface area contributed by atoms with Gasteiger partial charge in [0.2, 0.25) is 0 Å². The molecule has 0 amide bonds. The molecule has 0 aliphatic carbocycles. The summed E-state index contributed by atoms with van der Waals surface area (Å²) in [6.45, 7) is 56.2. The van der Waals surface area contributed by atoms with E-state index < -0.39 is 8.60 Å². The maximum atomic E-state index is 10.3. The highest BCUT2D eigenvalue weighted by atomic mass is 31.2. The maximum absolute atomic E-state index is 10.3. The van der Waals surface area contributed by atoms with Crippen LogP contribution in [0.4, 0.5) is 0 Å². The van der Waals surface area contributed by atoms with Gasteiger partial charge in [0.15, 0.2) is 0 Å². The predicted octanol–water partition coefficient (Wildman–Crippen LogP) is 20.0. The standard InChI is InChI=1S/C70H103O3P/c1-63(2,3)48-32-36-54(58(42-48)67(13,14)15)52(55-37-33-49(64(4,5)6)43-59(55)68(16,17)18)29-25-27-46-31-40-62(73-74(71)72)47(41-46)28-26-30-53(56-38-34-50(65(7,8)9)44-60(56)69(19,20)21)57-39-35-51(66(10,11)12)45-61(57)70(22,23)24/h31-45,52-53,71-72H,25-30H2,1-24H3. The number of hydrogen-bond acceptors (Lipinski definition) is 3. The molecule has 0 atom stereocenters. The SMILES string of the molecule is CC(C)(C)c1ccc(C(CCCc2ccc(OP(O)O)c(CCCC(c3ccc(C(C)(C)C)cc3C(C)(C)C)c3ccc(C(C)(C)C)cc3C(C)(C)C)c2)c2ccc(C(C)(C)C)cc2C(C)(C)C)c(C(C)(C)C)c1. The Hall–Kier alpha value is -3.75. The Labute approximate surface area is 455 Å². The smallest absolute Gasteiger partial charge is 0.391 e. The summed E-state index contributed by atoms with van der Waals surface area (Å²) in [5, 5.41) is 0. The molecule has 5 aromatic carbocycles. The van der Waals surface area contributed by atoms with E-state index in [-0.39, 0.29) is 55.2 Å². The van der Waals surface area contributed by atoms with E-state index in [9.17, 15) is 9.79 Å².